The fourth-order valence-corrected chi connectivity index (χ4v) is 2.55. The molecule has 0 aliphatic carbocycles. The second kappa shape index (κ2) is 6.05. The van der Waals surface area contributed by atoms with Crippen LogP contribution in [0.2, 0.25) is 0 Å². The second-order valence-corrected chi connectivity index (χ2v) is 5.13. The number of terminal acetylenes is 1. The van der Waals surface area contributed by atoms with Gasteiger partial charge in [0.15, 0.2) is 0 Å². The Morgan fingerprint density at radius 3 is 2.50 bits per heavy atom. The van der Waals surface area contributed by atoms with Gasteiger partial charge in [0.1, 0.15) is 16.9 Å². The molecule has 7 heteroatoms. The summed E-state index contributed by atoms with van der Waals surface area (Å²) in [5.74, 6) is 1.94. The molecule has 1 aromatic rings. The molecule has 0 unspecified atom stereocenters. The minimum Gasteiger partial charge on any atom is -0.430 e. The number of halogens is 4. The summed E-state index contributed by atoms with van der Waals surface area (Å²) >= 11 is 3.09. The topological polar surface area (TPSA) is 35.5 Å². The molecule has 0 aromatic heterocycles. The maximum absolute atomic E-state index is 12.2. The molecule has 1 aliphatic heterocycles. The zero-order chi connectivity index (χ0) is 16.4. The van der Waals surface area contributed by atoms with Crippen molar-refractivity contribution in [2.24, 2.45) is 0 Å². The Morgan fingerprint density at radius 1 is 1.41 bits per heavy atom. The summed E-state index contributed by atoms with van der Waals surface area (Å²) in [5, 5.41) is 0. The normalized spacial score (nSPS) is 23.2. The summed E-state index contributed by atoms with van der Waals surface area (Å²) in [6.45, 7) is 0. The molecule has 0 bridgehead atoms. The van der Waals surface area contributed by atoms with Crippen LogP contribution in [0.15, 0.2) is 35.0 Å². The third-order valence-electron chi connectivity index (χ3n) is 3.26. The molecule has 0 saturated carbocycles. The van der Waals surface area contributed by atoms with Gasteiger partial charge in [-0.25, -0.2) is 0 Å². The largest absolute Gasteiger partial charge is 0.573 e. The van der Waals surface area contributed by atoms with Crippen LogP contribution in [0.3, 0.4) is 0 Å². The maximum Gasteiger partial charge on any atom is 0.573 e. The summed E-state index contributed by atoms with van der Waals surface area (Å²) in [7, 11) is 0. The first-order valence-corrected chi connectivity index (χ1v) is 7.03. The van der Waals surface area contributed by atoms with Crippen molar-refractivity contribution in [2.75, 3.05) is 0 Å². The van der Waals surface area contributed by atoms with E-state index in [1.165, 1.54) is 17.1 Å². The van der Waals surface area contributed by atoms with Crippen LogP contribution in [0.5, 0.6) is 5.75 Å². The number of carbonyl (C=O) groups excluding carboxylic acids is 1. The molecule has 0 spiro atoms. The first kappa shape index (κ1) is 16.4. The number of allylic oxidation sites excluding steroid dienone is 1. The van der Waals surface area contributed by atoms with Crippen LogP contribution < -0.4 is 4.74 Å². The molecule has 1 atom stereocenters. The van der Waals surface area contributed by atoms with Gasteiger partial charge in [-0.15, -0.1) is 25.5 Å². The van der Waals surface area contributed by atoms with Crippen LogP contribution >= 0.6 is 15.9 Å². The Bertz CT molecular complexity index is 643. The average molecular weight is 375 g/mol. The van der Waals surface area contributed by atoms with E-state index in [9.17, 15) is 18.0 Å². The summed E-state index contributed by atoms with van der Waals surface area (Å²) in [5.41, 5.74) is -0.611. The van der Waals surface area contributed by atoms with Crippen molar-refractivity contribution in [2.45, 2.75) is 24.6 Å². The third kappa shape index (κ3) is 3.28. The van der Waals surface area contributed by atoms with Crippen LogP contribution in [0.4, 0.5) is 13.2 Å². The number of esters is 1. The molecule has 22 heavy (non-hydrogen) atoms. The van der Waals surface area contributed by atoms with Gasteiger partial charge in [0.25, 0.3) is 0 Å². The summed E-state index contributed by atoms with van der Waals surface area (Å²) < 4.78 is 45.4. The fraction of sp³-hybridized carbons (Fsp3) is 0.267. The first-order valence-electron chi connectivity index (χ1n) is 6.12. The number of benzene rings is 1. The number of alkyl halides is 3. The lowest BCUT2D eigenvalue weighted by molar-refractivity contribution is -0.274. The second-order valence-electron chi connectivity index (χ2n) is 4.68. The predicted molar refractivity (Wildman–Crippen MR) is 76.0 cm³/mol. The lowest BCUT2D eigenvalue weighted by Crippen LogP contribution is -2.31. The number of cyclic esters (lactones) is 1. The van der Waals surface area contributed by atoms with Crippen molar-refractivity contribution in [3.63, 3.8) is 0 Å². The van der Waals surface area contributed by atoms with Gasteiger partial charge in [0, 0.05) is 17.8 Å². The van der Waals surface area contributed by atoms with Gasteiger partial charge < -0.3 is 9.47 Å². The van der Waals surface area contributed by atoms with Crippen molar-refractivity contribution in [1.82, 2.24) is 0 Å². The highest BCUT2D eigenvalue weighted by Gasteiger charge is 2.48. The minimum absolute atomic E-state index is 0.0790. The van der Waals surface area contributed by atoms with Gasteiger partial charge in [0.05, 0.1) is 0 Å². The van der Waals surface area contributed by atoms with E-state index in [-0.39, 0.29) is 18.6 Å². The molecular formula is C15H10BrF3O3. The quantitative estimate of drug-likeness (QED) is 0.591. The van der Waals surface area contributed by atoms with Crippen molar-refractivity contribution in [1.29, 1.82) is 0 Å². The van der Waals surface area contributed by atoms with E-state index in [2.05, 4.69) is 26.6 Å². The molecule has 1 saturated heterocycles. The van der Waals surface area contributed by atoms with E-state index in [0.29, 0.717) is 11.3 Å². The van der Waals surface area contributed by atoms with Crippen LogP contribution in [0.25, 0.3) is 0 Å². The number of ether oxygens (including phenoxy) is 2. The molecule has 1 aromatic carbocycles. The molecule has 116 valence electrons. The molecular weight excluding hydrogens is 365 g/mol. The van der Waals surface area contributed by atoms with E-state index in [1.54, 1.807) is 0 Å². The lowest BCUT2D eigenvalue weighted by atomic mass is 9.76. The molecule has 1 aliphatic rings. The van der Waals surface area contributed by atoms with Gasteiger partial charge in [0.2, 0.25) is 0 Å². The van der Waals surface area contributed by atoms with E-state index >= 15 is 0 Å². The van der Waals surface area contributed by atoms with Gasteiger partial charge >= 0.3 is 12.3 Å². The zero-order valence-electron chi connectivity index (χ0n) is 11.1. The Labute approximate surface area is 133 Å². The highest BCUT2D eigenvalue weighted by atomic mass is 79.9. The van der Waals surface area contributed by atoms with Gasteiger partial charge in [-0.1, -0.05) is 28.1 Å². The average Bonchev–Trinajstić information content (AvgIpc) is 2.76. The van der Waals surface area contributed by atoms with Crippen molar-refractivity contribution in [3.05, 3.63) is 40.6 Å². The molecule has 0 amide bonds. The van der Waals surface area contributed by atoms with E-state index in [1.807, 2.05) is 0 Å². The number of rotatable bonds is 3. The summed E-state index contributed by atoms with van der Waals surface area (Å²) in [6, 6.07) is 5.06. The zero-order valence-corrected chi connectivity index (χ0v) is 12.7. The lowest BCUT2D eigenvalue weighted by Gasteiger charge is -2.22. The summed E-state index contributed by atoms with van der Waals surface area (Å²) in [6.07, 6.45) is 0.879. The van der Waals surface area contributed by atoms with Crippen molar-refractivity contribution >= 4 is 21.9 Å². The highest BCUT2D eigenvalue weighted by Crippen LogP contribution is 2.43. The SMILES string of the molecule is C#CC[C@]1(c2ccc(OC(F)(F)F)cc2)C/C(=C\Br)OC1=O. The molecule has 0 N–H and O–H groups in total. The Balaban J connectivity index is 2.35. The molecule has 2 rings (SSSR count). The molecule has 1 fully saturated rings. The number of carbonyl (C=O) groups is 1. The Kier molecular flexibility index (Phi) is 4.52. The third-order valence-corrected chi connectivity index (χ3v) is 3.77. The van der Waals surface area contributed by atoms with Crippen LogP contribution in [-0.4, -0.2) is 12.3 Å². The van der Waals surface area contributed by atoms with E-state index < -0.39 is 17.7 Å². The number of hydrogen-bond donors (Lipinski definition) is 0. The Morgan fingerprint density at radius 2 is 2.05 bits per heavy atom. The fourth-order valence-electron chi connectivity index (χ4n) is 2.29. The number of hydrogen-bond acceptors (Lipinski definition) is 3. The van der Waals surface area contributed by atoms with E-state index in [0.717, 1.165) is 12.1 Å². The minimum atomic E-state index is -4.77. The van der Waals surface area contributed by atoms with E-state index in [4.69, 9.17) is 11.2 Å². The van der Waals surface area contributed by atoms with Crippen LogP contribution in [-0.2, 0) is 14.9 Å². The van der Waals surface area contributed by atoms with Crippen LogP contribution in [0, 0.1) is 12.3 Å². The molecule has 3 nitrogen and oxygen atoms in total. The summed E-state index contributed by atoms with van der Waals surface area (Å²) in [4.78, 5) is 13.7. The standard InChI is InChI=1S/C15H10BrF3O3/c1-2-7-14(8-12(9-16)21-13(14)20)10-3-5-11(6-4-10)22-15(17,18)19/h1,3-6,9H,7-8H2/b12-9+/t14-/m1/s1. The van der Waals surface area contributed by atoms with Gasteiger partial charge in [-0.2, -0.15) is 0 Å². The maximum atomic E-state index is 12.2. The molecule has 1 heterocycles. The molecule has 0 radical (unpaired) electrons. The van der Waals surface area contributed by atoms with Gasteiger partial charge in [-0.05, 0) is 17.7 Å². The van der Waals surface area contributed by atoms with Crippen LogP contribution in [0.1, 0.15) is 18.4 Å². The van der Waals surface area contributed by atoms with Crippen molar-refractivity contribution in [3.8, 4) is 18.1 Å². The first-order chi connectivity index (χ1) is 10.3. The highest BCUT2D eigenvalue weighted by molar-refractivity contribution is 9.11. The van der Waals surface area contributed by atoms with Crippen molar-refractivity contribution < 1.29 is 27.4 Å². The van der Waals surface area contributed by atoms with Gasteiger partial charge in [-0.3, -0.25) is 4.79 Å². The smallest absolute Gasteiger partial charge is 0.430 e. The Hall–Kier alpha value is -1.94. The monoisotopic (exact) mass is 374 g/mol. The predicted octanol–water partition coefficient (Wildman–Crippen LogP) is 4.03.